The van der Waals surface area contributed by atoms with Crippen molar-refractivity contribution in [1.29, 1.82) is 0 Å². The van der Waals surface area contributed by atoms with Crippen LogP contribution < -0.4 is 4.74 Å². The van der Waals surface area contributed by atoms with E-state index in [0.29, 0.717) is 11.1 Å². The van der Waals surface area contributed by atoms with Crippen molar-refractivity contribution in [3.05, 3.63) is 52.7 Å². The van der Waals surface area contributed by atoms with E-state index in [9.17, 15) is 21.6 Å². The SMILES string of the molecule is Cc1cc(C)c(S(=O)(=O)N2CC(Oc3cc(C(F)(F)F)ccn3)C2)c(C)c1. The van der Waals surface area contributed by atoms with E-state index in [1.165, 1.54) is 4.31 Å². The number of pyridine rings is 1. The maximum atomic E-state index is 12.9. The monoisotopic (exact) mass is 400 g/mol. The molecule has 0 bridgehead atoms. The van der Waals surface area contributed by atoms with Crippen LogP contribution in [0.3, 0.4) is 0 Å². The predicted molar refractivity (Wildman–Crippen MR) is 93.1 cm³/mol. The summed E-state index contributed by atoms with van der Waals surface area (Å²) >= 11 is 0. The first-order valence-corrected chi connectivity index (χ1v) is 9.70. The number of aryl methyl sites for hydroxylation is 3. The number of nitrogens with zero attached hydrogens (tertiary/aromatic N) is 2. The van der Waals surface area contributed by atoms with E-state index in [1.807, 2.05) is 6.92 Å². The van der Waals surface area contributed by atoms with Gasteiger partial charge >= 0.3 is 6.18 Å². The van der Waals surface area contributed by atoms with Crippen molar-refractivity contribution in [2.24, 2.45) is 0 Å². The molecule has 0 unspecified atom stereocenters. The molecule has 146 valence electrons. The molecule has 0 saturated carbocycles. The second-order valence-electron chi connectivity index (χ2n) is 6.67. The molecule has 0 aliphatic carbocycles. The third-order valence-electron chi connectivity index (χ3n) is 4.37. The van der Waals surface area contributed by atoms with Gasteiger partial charge in [0.25, 0.3) is 0 Å². The summed E-state index contributed by atoms with van der Waals surface area (Å²) in [6, 6.07) is 5.28. The van der Waals surface area contributed by atoms with E-state index in [1.54, 1.807) is 26.0 Å². The number of sulfonamides is 1. The van der Waals surface area contributed by atoms with Crippen molar-refractivity contribution in [3.8, 4) is 5.88 Å². The van der Waals surface area contributed by atoms with Gasteiger partial charge in [-0.15, -0.1) is 0 Å². The molecule has 0 atom stereocenters. The summed E-state index contributed by atoms with van der Waals surface area (Å²) in [5.74, 6) is -0.172. The van der Waals surface area contributed by atoms with E-state index < -0.39 is 27.9 Å². The lowest BCUT2D eigenvalue weighted by molar-refractivity contribution is -0.137. The summed E-state index contributed by atoms with van der Waals surface area (Å²) in [5, 5.41) is 0. The van der Waals surface area contributed by atoms with Crippen molar-refractivity contribution in [1.82, 2.24) is 9.29 Å². The molecule has 3 rings (SSSR count). The van der Waals surface area contributed by atoms with Gasteiger partial charge < -0.3 is 4.74 Å². The zero-order valence-electron chi connectivity index (χ0n) is 15.0. The van der Waals surface area contributed by atoms with Gasteiger partial charge in [-0.2, -0.15) is 17.5 Å². The summed E-state index contributed by atoms with van der Waals surface area (Å²) in [6.45, 7) is 5.51. The van der Waals surface area contributed by atoms with Gasteiger partial charge in [-0.3, -0.25) is 0 Å². The number of halogens is 3. The molecule has 0 amide bonds. The molecule has 1 aromatic carbocycles. The third kappa shape index (κ3) is 3.93. The summed E-state index contributed by atoms with van der Waals surface area (Å²) in [7, 11) is -3.68. The maximum Gasteiger partial charge on any atom is 0.416 e. The molecule has 1 aromatic heterocycles. The van der Waals surface area contributed by atoms with Crippen LogP contribution in [0.2, 0.25) is 0 Å². The van der Waals surface area contributed by atoms with Gasteiger partial charge in [-0.1, -0.05) is 17.7 Å². The lowest BCUT2D eigenvalue weighted by atomic mass is 10.1. The van der Waals surface area contributed by atoms with Crippen LogP contribution in [-0.2, 0) is 16.2 Å². The smallest absolute Gasteiger partial charge is 0.416 e. The first-order chi connectivity index (χ1) is 12.5. The van der Waals surface area contributed by atoms with Crippen molar-refractivity contribution in [2.45, 2.75) is 37.9 Å². The second-order valence-corrected chi connectivity index (χ2v) is 8.55. The predicted octanol–water partition coefficient (Wildman–Crippen LogP) is 3.48. The van der Waals surface area contributed by atoms with Gasteiger partial charge in [0.05, 0.1) is 23.5 Å². The molecule has 27 heavy (non-hydrogen) atoms. The fraction of sp³-hybridized carbons (Fsp3) is 0.389. The summed E-state index contributed by atoms with van der Waals surface area (Å²) in [6.07, 6.45) is -4.01. The minimum Gasteiger partial charge on any atom is -0.472 e. The lowest BCUT2D eigenvalue weighted by Crippen LogP contribution is -2.56. The Morgan fingerprint density at radius 1 is 1.11 bits per heavy atom. The van der Waals surface area contributed by atoms with Crippen LogP contribution in [0.15, 0.2) is 35.4 Å². The molecule has 0 N–H and O–H groups in total. The van der Waals surface area contributed by atoms with Crippen LogP contribution in [-0.4, -0.2) is 36.9 Å². The molecule has 1 aliphatic heterocycles. The van der Waals surface area contributed by atoms with Gasteiger partial charge in [0.2, 0.25) is 15.9 Å². The molecule has 1 saturated heterocycles. The number of benzene rings is 1. The first kappa shape index (κ1) is 19.6. The largest absolute Gasteiger partial charge is 0.472 e. The quantitative estimate of drug-likeness (QED) is 0.789. The normalized spacial score (nSPS) is 16.2. The highest BCUT2D eigenvalue weighted by Gasteiger charge is 2.40. The standard InChI is InChI=1S/C18H19F3N2O3S/c1-11-6-12(2)17(13(3)7-11)27(24,25)23-9-15(10-23)26-16-8-14(4-5-22-16)18(19,20)21/h4-8,15H,9-10H2,1-3H3. The summed E-state index contributed by atoms with van der Waals surface area (Å²) in [5.41, 5.74) is 1.44. The van der Waals surface area contributed by atoms with Crippen LogP contribution in [0.25, 0.3) is 0 Å². The minimum absolute atomic E-state index is 0.0625. The Labute approximate surface area is 155 Å². The molecule has 1 aliphatic rings. The number of rotatable bonds is 4. The van der Waals surface area contributed by atoms with E-state index in [4.69, 9.17) is 4.74 Å². The van der Waals surface area contributed by atoms with Crippen molar-refractivity contribution in [3.63, 3.8) is 0 Å². The Balaban J connectivity index is 1.71. The number of hydrogen-bond acceptors (Lipinski definition) is 4. The number of ether oxygens (including phenoxy) is 1. The van der Waals surface area contributed by atoms with E-state index in [0.717, 1.165) is 23.9 Å². The van der Waals surface area contributed by atoms with Crippen molar-refractivity contribution in [2.75, 3.05) is 13.1 Å². The lowest BCUT2D eigenvalue weighted by Gasteiger charge is -2.38. The Hall–Kier alpha value is -2.13. The highest BCUT2D eigenvalue weighted by atomic mass is 32.2. The first-order valence-electron chi connectivity index (χ1n) is 8.26. The molecule has 0 spiro atoms. The number of alkyl halides is 3. The van der Waals surface area contributed by atoms with Crippen LogP contribution in [0.5, 0.6) is 5.88 Å². The van der Waals surface area contributed by atoms with E-state index in [-0.39, 0.29) is 23.9 Å². The third-order valence-corrected chi connectivity index (χ3v) is 6.50. The maximum absolute atomic E-state index is 12.9. The molecular formula is C18H19F3N2O3S. The minimum atomic E-state index is -4.49. The number of hydrogen-bond donors (Lipinski definition) is 0. The average molecular weight is 400 g/mol. The molecule has 2 heterocycles. The fourth-order valence-electron chi connectivity index (χ4n) is 3.20. The van der Waals surface area contributed by atoms with Gasteiger partial charge in [0.1, 0.15) is 6.10 Å². The van der Waals surface area contributed by atoms with Gasteiger partial charge in [-0.25, -0.2) is 13.4 Å². The van der Waals surface area contributed by atoms with Crippen LogP contribution >= 0.6 is 0 Å². The molecule has 5 nitrogen and oxygen atoms in total. The van der Waals surface area contributed by atoms with Crippen LogP contribution in [0, 0.1) is 20.8 Å². The Morgan fingerprint density at radius 2 is 1.70 bits per heavy atom. The molecule has 2 aromatic rings. The Kier molecular flexibility index (Phi) is 4.94. The topological polar surface area (TPSA) is 59.5 Å². The van der Waals surface area contributed by atoms with Crippen molar-refractivity contribution < 1.29 is 26.3 Å². The highest BCUT2D eigenvalue weighted by Crippen LogP contribution is 2.32. The molecular weight excluding hydrogens is 381 g/mol. The van der Waals surface area contributed by atoms with Gasteiger partial charge in [-0.05, 0) is 38.0 Å². The zero-order valence-corrected chi connectivity index (χ0v) is 15.9. The molecule has 1 fully saturated rings. The second kappa shape index (κ2) is 6.79. The zero-order chi connectivity index (χ0) is 20.0. The van der Waals surface area contributed by atoms with Gasteiger partial charge in [0, 0.05) is 12.3 Å². The summed E-state index contributed by atoms with van der Waals surface area (Å²) in [4.78, 5) is 4.04. The summed E-state index contributed by atoms with van der Waals surface area (Å²) < 4.78 is 70.6. The molecule has 9 heteroatoms. The Morgan fingerprint density at radius 3 is 2.26 bits per heavy atom. The van der Waals surface area contributed by atoms with Crippen LogP contribution in [0.1, 0.15) is 22.3 Å². The highest BCUT2D eigenvalue weighted by molar-refractivity contribution is 7.89. The number of aromatic nitrogens is 1. The average Bonchev–Trinajstić information content (AvgIpc) is 2.48. The van der Waals surface area contributed by atoms with Crippen molar-refractivity contribution >= 4 is 10.0 Å². The fourth-order valence-corrected chi connectivity index (χ4v) is 5.11. The van der Waals surface area contributed by atoms with E-state index >= 15 is 0 Å². The van der Waals surface area contributed by atoms with E-state index in [2.05, 4.69) is 4.98 Å². The van der Waals surface area contributed by atoms with Gasteiger partial charge in [0.15, 0.2) is 0 Å². The van der Waals surface area contributed by atoms with Crippen LogP contribution in [0.4, 0.5) is 13.2 Å². The molecule has 0 radical (unpaired) electrons. The Bertz CT molecular complexity index is 945.